The Morgan fingerprint density at radius 3 is 2.89 bits per heavy atom. The summed E-state index contributed by atoms with van der Waals surface area (Å²) in [6.45, 7) is 4.02. The van der Waals surface area contributed by atoms with Crippen LogP contribution in [0.4, 0.5) is 5.69 Å². The van der Waals surface area contributed by atoms with Gasteiger partial charge in [0.25, 0.3) is 0 Å². The first-order valence-electron chi connectivity index (χ1n) is 8.99. The van der Waals surface area contributed by atoms with Crippen molar-refractivity contribution in [1.82, 2.24) is 9.88 Å². The molecule has 1 aromatic carbocycles. The van der Waals surface area contributed by atoms with Gasteiger partial charge in [0.05, 0.1) is 28.1 Å². The van der Waals surface area contributed by atoms with Gasteiger partial charge in [-0.25, -0.2) is 4.98 Å². The number of benzene rings is 1. The van der Waals surface area contributed by atoms with Crippen molar-refractivity contribution in [3.8, 4) is 0 Å². The lowest BCUT2D eigenvalue weighted by atomic mass is 10.0. The zero-order valence-electron chi connectivity index (χ0n) is 16.1. The third kappa shape index (κ3) is 4.84. The molecule has 0 radical (unpaired) electrons. The van der Waals surface area contributed by atoms with Crippen molar-refractivity contribution in [2.24, 2.45) is 0 Å². The molecule has 0 saturated heterocycles. The molecule has 0 bridgehead atoms. The Kier molecular flexibility index (Phi) is 6.44. The predicted molar refractivity (Wildman–Crippen MR) is 116 cm³/mol. The molecule has 144 valence electrons. The van der Waals surface area contributed by atoms with Gasteiger partial charge in [-0.2, -0.15) is 0 Å². The SMILES string of the molecule is CCSNc1cc(C(/C=C(\C)OC)=C/N(C)C=O)c2sc(C3CC3)nc2c1. The molecule has 1 N–H and O–H groups in total. The van der Waals surface area contributed by atoms with E-state index in [-0.39, 0.29) is 0 Å². The highest BCUT2D eigenvalue weighted by Crippen LogP contribution is 2.45. The molecule has 7 heteroatoms. The zero-order valence-corrected chi connectivity index (χ0v) is 17.7. The van der Waals surface area contributed by atoms with Gasteiger partial charge < -0.3 is 14.4 Å². The summed E-state index contributed by atoms with van der Waals surface area (Å²) in [5, 5.41) is 1.21. The number of allylic oxidation sites excluding steroid dienone is 3. The smallest absolute Gasteiger partial charge is 0.213 e. The number of nitrogens with one attached hydrogen (secondary N) is 1. The van der Waals surface area contributed by atoms with Gasteiger partial charge in [-0.15, -0.1) is 11.3 Å². The fourth-order valence-electron chi connectivity index (χ4n) is 2.70. The Morgan fingerprint density at radius 2 is 2.26 bits per heavy atom. The topological polar surface area (TPSA) is 54.5 Å². The van der Waals surface area contributed by atoms with Crippen molar-refractivity contribution in [1.29, 1.82) is 0 Å². The van der Waals surface area contributed by atoms with E-state index in [4.69, 9.17) is 9.72 Å². The van der Waals surface area contributed by atoms with E-state index in [1.165, 1.54) is 22.7 Å². The Balaban J connectivity index is 2.17. The van der Waals surface area contributed by atoms with Crippen LogP contribution in [0, 0.1) is 0 Å². The van der Waals surface area contributed by atoms with Crippen molar-refractivity contribution in [2.75, 3.05) is 24.6 Å². The lowest BCUT2D eigenvalue weighted by Gasteiger charge is -2.12. The number of hydrogen-bond donors (Lipinski definition) is 1. The van der Waals surface area contributed by atoms with Crippen LogP contribution in [-0.2, 0) is 9.53 Å². The van der Waals surface area contributed by atoms with E-state index in [1.807, 2.05) is 19.2 Å². The first kappa shape index (κ1) is 19.8. The monoisotopic (exact) mass is 403 g/mol. The molecule has 0 unspecified atom stereocenters. The average molecular weight is 404 g/mol. The van der Waals surface area contributed by atoms with Crippen LogP contribution in [0.25, 0.3) is 15.8 Å². The van der Waals surface area contributed by atoms with Gasteiger partial charge in [0.15, 0.2) is 0 Å². The van der Waals surface area contributed by atoms with Gasteiger partial charge in [-0.3, -0.25) is 4.79 Å². The molecule has 3 rings (SSSR count). The summed E-state index contributed by atoms with van der Waals surface area (Å²) < 4.78 is 9.90. The maximum atomic E-state index is 11.2. The lowest BCUT2D eigenvalue weighted by molar-refractivity contribution is -0.114. The molecule has 0 atom stereocenters. The standard InChI is InChI=1S/C20H25N3O2S2/c1-5-26-22-16-9-17(15(8-13(2)25-4)11-23(3)12-24)19-18(10-16)21-20(27-19)14-6-7-14/h8-12,14,22H,5-7H2,1-4H3/b13-8+,15-11+. The average Bonchev–Trinajstić information content (AvgIpc) is 3.44. The minimum atomic E-state index is 0.609. The number of carbonyl (C=O) groups excluding carboxylic acids is 1. The van der Waals surface area contributed by atoms with Crippen LogP contribution in [0.15, 0.2) is 30.2 Å². The Hall–Kier alpha value is -1.99. The summed E-state index contributed by atoms with van der Waals surface area (Å²) in [6, 6.07) is 4.24. The van der Waals surface area contributed by atoms with E-state index in [2.05, 4.69) is 23.8 Å². The highest BCUT2D eigenvalue weighted by atomic mass is 32.2. The number of amides is 1. The van der Waals surface area contributed by atoms with Crippen molar-refractivity contribution in [3.63, 3.8) is 0 Å². The van der Waals surface area contributed by atoms with Crippen LogP contribution in [-0.4, -0.2) is 36.2 Å². The highest BCUT2D eigenvalue weighted by Gasteiger charge is 2.28. The van der Waals surface area contributed by atoms with Gasteiger partial charge >= 0.3 is 0 Å². The van der Waals surface area contributed by atoms with E-state index < -0.39 is 0 Å². The molecule has 0 spiro atoms. The molecule has 1 saturated carbocycles. The summed E-state index contributed by atoms with van der Waals surface area (Å²) in [5.74, 6) is 2.36. The number of hydrogen-bond acceptors (Lipinski definition) is 6. The molecule has 27 heavy (non-hydrogen) atoms. The first-order valence-corrected chi connectivity index (χ1v) is 10.8. The molecule has 0 aliphatic heterocycles. The van der Waals surface area contributed by atoms with Gasteiger partial charge in [0, 0.05) is 41.7 Å². The van der Waals surface area contributed by atoms with Crippen LogP contribution >= 0.6 is 23.3 Å². The summed E-state index contributed by atoms with van der Waals surface area (Å²) >= 11 is 3.41. The van der Waals surface area contributed by atoms with E-state index >= 15 is 0 Å². The fraction of sp³-hybridized carbons (Fsp3) is 0.400. The van der Waals surface area contributed by atoms with Crippen molar-refractivity contribution < 1.29 is 9.53 Å². The Morgan fingerprint density at radius 1 is 1.48 bits per heavy atom. The number of nitrogens with zero attached hydrogens (tertiary/aromatic N) is 2. The molecule has 1 aliphatic carbocycles. The number of rotatable bonds is 9. The molecule has 5 nitrogen and oxygen atoms in total. The van der Waals surface area contributed by atoms with Gasteiger partial charge in [-0.05, 0) is 38.0 Å². The van der Waals surface area contributed by atoms with E-state index in [0.717, 1.165) is 45.0 Å². The highest BCUT2D eigenvalue weighted by molar-refractivity contribution is 8.00. The molecular weight excluding hydrogens is 378 g/mol. The van der Waals surface area contributed by atoms with Gasteiger partial charge in [-0.1, -0.05) is 18.9 Å². The maximum Gasteiger partial charge on any atom is 0.213 e. The van der Waals surface area contributed by atoms with Crippen LogP contribution in [0.3, 0.4) is 0 Å². The van der Waals surface area contributed by atoms with E-state index in [1.54, 1.807) is 37.4 Å². The van der Waals surface area contributed by atoms with E-state index in [9.17, 15) is 4.79 Å². The molecule has 1 aromatic heterocycles. The van der Waals surface area contributed by atoms with Crippen molar-refractivity contribution >= 4 is 51.2 Å². The second-order valence-corrected chi connectivity index (χ2v) is 8.65. The molecule has 1 fully saturated rings. The summed E-state index contributed by atoms with van der Waals surface area (Å²) in [5.41, 5.74) is 3.99. The quantitative estimate of drug-likeness (QED) is 0.269. The number of methoxy groups -OCH3 is 1. The Labute approximate surface area is 168 Å². The van der Waals surface area contributed by atoms with Crippen LogP contribution in [0.2, 0.25) is 0 Å². The largest absolute Gasteiger partial charge is 0.501 e. The third-order valence-corrected chi connectivity index (χ3v) is 6.20. The first-order chi connectivity index (χ1) is 13.0. The minimum absolute atomic E-state index is 0.609. The van der Waals surface area contributed by atoms with Crippen LogP contribution in [0.5, 0.6) is 0 Å². The fourth-order valence-corrected chi connectivity index (χ4v) is 4.38. The second-order valence-electron chi connectivity index (χ2n) is 6.55. The number of thiazole rings is 1. The molecule has 1 amide bonds. The number of ether oxygens (including phenoxy) is 1. The normalized spacial score (nSPS) is 15.1. The van der Waals surface area contributed by atoms with Crippen LogP contribution < -0.4 is 4.72 Å². The molecule has 1 aliphatic rings. The number of anilines is 1. The van der Waals surface area contributed by atoms with Gasteiger partial charge in [0.2, 0.25) is 6.41 Å². The van der Waals surface area contributed by atoms with Gasteiger partial charge in [0.1, 0.15) is 0 Å². The molecular formula is C20H25N3O2S2. The minimum Gasteiger partial charge on any atom is -0.501 e. The summed E-state index contributed by atoms with van der Waals surface area (Å²) in [4.78, 5) is 17.6. The third-order valence-electron chi connectivity index (χ3n) is 4.27. The van der Waals surface area contributed by atoms with E-state index in [0.29, 0.717) is 5.92 Å². The van der Waals surface area contributed by atoms with Crippen LogP contribution in [0.1, 0.15) is 43.2 Å². The number of fused-ring (bicyclic) bond motifs is 1. The summed E-state index contributed by atoms with van der Waals surface area (Å²) in [6.07, 6.45) is 7.04. The zero-order chi connectivity index (χ0) is 19.4. The Bertz CT molecular complexity index is 885. The maximum absolute atomic E-state index is 11.2. The van der Waals surface area contributed by atoms with Crippen molar-refractivity contribution in [2.45, 2.75) is 32.6 Å². The lowest BCUT2D eigenvalue weighted by Crippen LogP contribution is -2.07. The summed E-state index contributed by atoms with van der Waals surface area (Å²) in [7, 11) is 3.38. The number of aromatic nitrogens is 1. The predicted octanol–water partition coefficient (Wildman–Crippen LogP) is 5.23. The number of carbonyl (C=O) groups is 1. The van der Waals surface area contributed by atoms with Crippen molar-refractivity contribution in [3.05, 3.63) is 40.7 Å². The second kappa shape index (κ2) is 8.80. The molecule has 2 aromatic rings. The molecule has 1 heterocycles.